The van der Waals surface area contributed by atoms with Crippen molar-refractivity contribution in [1.82, 2.24) is 0 Å². The van der Waals surface area contributed by atoms with Gasteiger partial charge in [-0.2, -0.15) is 0 Å². The summed E-state index contributed by atoms with van der Waals surface area (Å²) in [6.07, 6.45) is 0.909. The maximum Gasteiger partial charge on any atom is 0.303 e. The van der Waals surface area contributed by atoms with Crippen molar-refractivity contribution in [2.24, 2.45) is 28.6 Å². The van der Waals surface area contributed by atoms with Gasteiger partial charge in [-0.1, -0.05) is 19.9 Å². The van der Waals surface area contributed by atoms with Gasteiger partial charge in [-0.05, 0) is 48.8 Å². The highest BCUT2D eigenvalue weighted by molar-refractivity contribution is 6.01. The van der Waals surface area contributed by atoms with Crippen molar-refractivity contribution in [3.8, 4) is 0 Å². The van der Waals surface area contributed by atoms with Crippen molar-refractivity contribution in [2.75, 3.05) is 6.61 Å². The number of aliphatic hydroxyl groups is 3. The van der Waals surface area contributed by atoms with Gasteiger partial charge >= 0.3 is 5.97 Å². The number of carbonyl (C=O) groups excluding carboxylic acids is 3. The van der Waals surface area contributed by atoms with Crippen LogP contribution in [0.1, 0.15) is 40.0 Å². The van der Waals surface area contributed by atoms with Crippen LogP contribution in [0.3, 0.4) is 0 Å². The number of ether oxygens (including phenoxy) is 1. The Morgan fingerprint density at radius 1 is 1.29 bits per heavy atom. The molecule has 170 valence electrons. The minimum atomic E-state index is -2.19. The number of esters is 1. The molecule has 0 radical (unpaired) electrons. The van der Waals surface area contributed by atoms with E-state index >= 15 is 4.39 Å². The average molecular weight is 436 g/mol. The lowest BCUT2D eigenvalue weighted by Crippen LogP contribution is -2.64. The van der Waals surface area contributed by atoms with Gasteiger partial charge in [0.2, 0.25) is 0 Å². The van der Waals surface area contributed by atoms with Crippen LogP contribution >= 0.6 is 0 Å². The lowest BCUT2D eigenvalue weighted by atomic mass is 9.46. The molecule has 0 aliphatic heterocycles. The van der Waals surface area contributed by atoms with Gasteiger partial charge in [-0.3, -0.25) is 14.4 Å². The number of fused-ring (bicyclic) bond motifs is 5. The standard InChI is InChI=1S/C23H29FO7/c1-11(26)31-19-8-14-13-7-16(24)15-6-12(27)4-5-21(15,2)20(13)17(28)9-22(14,3)23(19,30)18(29)10-25/h4-6,13-14,16-17,19-20,25,28,30H,7-10H2,1-3H3/t13-,14-,16?,17?,19?,20+,21-,22-,23+/m0/s1. The van der Waals surface area contributed by atoms with Crippen LogP contribution in [0.2, 0.25) is 0 Å². The minimum Gasteiger partial charge on any atom is -0.459 e. The van der Waals surface area contributed by atoms with Gasteiger partial charge in [0.1, 0.15) is 18.9 Å². The molecule has 9 atom stereocenters. The second kappa shape index (κ2) is 7.05. The molecule has 4 rings (SSSR count). The third kappa shape index (κ3) is 2.84. The highest BCUT2D eigenvalue weighted by Gasteiger charge is 2.73. The molecule has 0 heterocycles. The Hall–Kier alpha value is -1.90. The first-order valence-corrected chi connectivity index (χ1v) is 10.7. The Morgan fingerprint density at radius 3 is 2.58 bits per heavy atom. The molecule has 4 aliphatic rings. The van der Waals surface area contributed by atoms with Crippen LogP contribution in [0.25, 0.3) is 0 Å². The van der Waals surface area contributed by atoms with Crippen LogP contribution in [0.5, 0.6) is 0 Å². The largest absolute Gasteiger partial charge is 0.459 e. The summed E-state index contributed by atoms with van der Waals surface area (Å²) >= 11 is 0. The Balaban J connectivity index is 1.82. The lowest BCUT2D eigenvalue weighted by molar-refractivity contribution is -0.198. The number of rotatable bonds is 3. The van der Waals surface area contributed by atoms with E-state index in [9.17, 15) is 29.7 Å². The third-order valence-electron chi connectivity index (χ3n) is 8.55. The van der Waals surface area contributed by atoms with Crippen molar-refractivity contribution in [1.29, 1.82) is 0 Å². The Bertz CT molecular complexity index is 896. The number of halogens is 1. The predicted octanol–water partition coefficient (Wildman–Crippen LogP) is 1.05. The molecular weight excluding hydrogens is 407 g/mol. The smallest absolute Gasteiger partial charge is 0.303 e. The van der Waals surface area contributed by atoms with Crippen LogP contribution in [0, 0.1) is 28.6 Å². The molecule has 0 amide bonds. The summed E-state index contributed by atoms with van der Waals surface area (Å²) in [6, 6.07) is 0. The van der Waals surface area contributed by atoms with E-state index in [1.165, 1.54) is 19.1 Å². The molecule has 7 nitrogen and oxygen atoms in total. The highest BCUT2D eigenvalue weighted by Crippen LogP contribution is 2.67. The zero-order valence-corrected chi connectivity index (χ0v) is 17.9. The van der Waals surface area contributed by atoms with Crippen LogP contribution in [-0.2, 0) is 19.1 Å². The summed E-state index contributed by atoms with van der Waals surface area (Å²) < 4.78 is 20.7. The Kier molecular flexibility index (Phi) is 5.07. The lowest BCUT2D eigenvalue weighted by Gasteiger charge is -2.59. The van der Waals surface area contributed by atoms with E-state index in [-0.39, 0.29) is 25.0 Å². The number of hydrogen-bond acceptors (Lipinski definition) is 7. The number of hydrogen-bond donors (Lipinski definition) is 3. The molecule has 0 aromatic heterocycles. The van der Waals surface area contributed by atoms with E-state index < -0.39 is 70.9 Å². The van der Waals surface area contributed by atoms with Gasteiger partial charge in [0, 0.05) is 23.7 Å². The topological polar surface area (TPSA) is 121 Å². The first-order valence-electron chi connectivity index (χ1n) is 10.7. The van der Waals surface area contributed by atoms with E-state index in [1.807, 2.05) is 0 Å². The summed E-state index contributed by atoms with van der Waals surface area (Å²) in [5.74, 6) is -3.14. The van der Waals surface area contributed by atoms with Crippen molar-refractivity contribution < 1.29 is 38.8 Å². The van der Waals surface area contributed by atoms with E-state index in [4.69, 9.17) is 4.74 Å². The molecule has 3 fully saturated rings. The van der Waals surface area contributed by atoms with Gasteiger partial charge in [0.15, 0.2) is 17.2 Å². The molecule has 31 heavy (non-hydrogen) atoms. The Labute approximate surface area is 180 Å². The van der Waals surface area contributed by atoms with Crippen LogP contribution in [-0.4, -0.2) is 63.4 Å². The molecule has 0 saturated heterocycles. The molecule has 8 heteroatoms. The summed E-state index contributed by atoms with van der Waals surface area (Å²) in [5, 5.41) is 32.4. The fourth-order valence-electron chi connectivity index (χ4n) is 7.28. The highest BCUT2D eigenvalue weighted by atomic mass is 19.1. The van der Waals surface area contributed by atoms with Gasteiger partial charge in [0.05, 0.1) is 6.10 Å². The van der Waals surface area contributed by atoms with Gasteiger partial charge < -0.3 is 20.1 Å². The monoisotopic (exact) mass is 436 g/mol. The number of aliphatic hydroxyl groups excluding tert-OH is 2. The molecular formula is C23H29FO7. The maximum absolute atomic E-state index is 15.4. The zero-order chi connectivity index (χ0) is 22.9. The minimum absolute atomic E-state index is 0.0143. The molecule has 0 aromatic carbocycles. The quantitative estimate of drug-likeness (QED) is 0.566. The summed E-state index contributed by atoms with van der Waals surface area (Å²) in [5.41, 5.74) is -3.94. The third-order valence-corrected chi connectivity index (χ3v) is 8.55. The van der Waals surface area contributed by atoms with E-state index in [0.717, 1.165) is 0 Å². The van der Waals surface area contributed by atoms with Crippen molar-refractivity contribution in [3.63, 3.8) is 0 Å². The van der Waals surface area contributed by atoms with Gasteiger partial charge in [-0.15, -0.1) is 0 Å². The fourth-order valence-corrected chi connectivity index (χ4v) is 7.28. The first-order chi connectivity index (χ1) is 14.4. The van der Waals surface area contributed by atoms with Gasteiger partial charge in [-0.25, -0.2) is 4.39 Å². The molecule has 0 aromatic rings. The van der Waals surface area contributed by atoms with Crippen LogP contribution in [0.15, 0.2) is 23.8 Å². The maximum atomic E-state index is 15.4. The molecule has 3 unspecified atom stereocenters. The molecule has 3 saturated carbocycles. The molecule has 0 spiro atoms. The Morgan fingerprint density at radius 2 is 1.97 bits per heavy atom. The summed E-state index contributed by atoms with van der Waals surface area (Å²) in [7, 11) is 0. The number of carbonyl (C=O) groups is 3. The van der Waals surface area contributed by atoms with E-state index in [2.05, 4.69) is 0 Å². The predicted molar refractivity (Wildman–Crippen MR) is 106 cm³/mol. The summed E-state index contributed by atoms with van der Waals surface area (Å²) in [6.45, 7) is 3.68. The average Bonchev–Trinajstić information content (AvgIpc) is 2.90. The van der Waals surface area contributed by atoms with Gasteiger partial charge in [0.25, 0.3) is 0 Å². The summed E-state index contributed by atoms with van der Waals surface area (Å²) in [4.78, 5) is 36.3. The first kappa shape index (κ1) is 22.3. The second-order valence-corrected chi connectivity index (χ2v) is 9.99. The fraction of sp³-hybridized carbons (Fsp3) is 0.696. The zero-order valence-electron chi connectivity index (χ0n) is 17.9. The number of ketones is 2. The van der Waals surface area contributed by atoms with Crippen molar-refractivity contribution >= 4 is 17.5 Å². The van der Waals surface area contributed by atoms with Crippen molar-refractivity contribution in [3.05, 3.63) is 23.8 Å². The van der Waals surface area contributed by atoms with E-state index in [1.54, 1.807) is 19.9 Å². The second-order valence-electron chi connectivity index (χ2n) is 9.99. The molecule has 3 N–H and O–H groups in total. The normalized spacial score (nSPS) is 48.4. The SMILES string of the molecule is CC(=O)OC1C[C@H]2[C@@H]3CC(F)C4=CC(=O)C=C[C@]4(C)[C@H]3C(O)C[C@]2(C)[C@@]1(O)C(=O)CO. The molecule has 0 bridgehead atoms. The van der Waals surface area contributed by atoms with E-state index in [0.29, 0.717) is 5.57 Å². The molecule has 4 aliphatic carbocycles. The number of allylic oxidation sites excluding steroid dienone is 4. The number of Topliss-reactive ketones (excluding diaryl/α,β-unsaturated/α-hetero) is 1. The van der Waals surface area contributed by atoms with Crippen LogP contribution in [0.4, 0.5) is 4.39 Å². The number of alkyl halides is 1. The van der Waals surface area contributed by atoms with Crippen molar-refractivity contribution in [2.45, 2.75) is 64.0 Å². The van der Waals surface area contributed by atoms with Crippen LogP contribution < -0.4 is 0 Å².